The molecule has 0 spiro atoms. The van der Waals surface area contributed by atoms with E-state index in [2.05, 4.69) is 59.3 Å². The van der Waals surface area contributed by atoms with Gasteiger partial charge in [0.25, 0.3) is 0 Å². The SMILES string of the molecule is CC(C)(C)S/N=C1\CCc2cc(Br)ccc21. The Morgan fingerprint density at radius 2 is 2.00 bits per heavy atom. The molecule has 0 bridgehead atoms. The normalized spacial score (nSPS) is 17.9. The monoisotopic (exact) mass is 297 g/mol. The van der Waals surface area contributed by atoms with Gasteiger partial charge in [0, 0.05) is 9.22 Å². The third-order valence-corrected chi connectivity index (χ3v) is 3.79. The van der Waals surface area contributed by atoms with E-state index < -0.39 is 0 Å². The number of hydrogen-bond donors (Lipinski definition) is 0. The molecule has 0 atom stereocenters. The first-order valence-corrected chi connectivity index (χ1v) is 7.06. The smallest absolute Gasteiger partial charge is 0.0565 e. The van der Waals surface area contributed by atoms with E-state index in [0.717, 1.165) is 17.3 Å². The van der Waals surface area contributed by atoms with Crippen molar-refractivity contribution in [1.29, 1.82) is 0 Å². The molecule has 1 nitrogen and oxygen atoms in total. The van der Waals surface area contributed by atoms with Crippen molar-refractivity contribution in [2.45, 2.75) is 38.4 Å². The summed E-state index contributed by atoms with van der Waals surface area (Å²) in [5.41, 5.74) is 4.00. The van der Waals surface area contributed by atoms with Crippen molar-refractivity contribution >= 4 is 33.6 Å². The van der Waals surface area contributed by atoms with E-state index >= 15 is 0 Å². The Bertz CT molecular complexity index is 432. The van der Waals surface area contributed by atoms with Gasteiger partial charge in [-0.25, -0.2) is 4.40 Å². The second kappa shape index (κ2) is 4.53. The highest BCUT2D eigenvalue weighted by Crippen LogP contribution is 2.30. The maximum Gasteiger partial charge on any atom is 0.0565 e. The number of hydrogen-bond acceptors (Lipinski definition) is 2. The molecule has 86 valence electrons. The molecule has 0 heterocycles. The van der Waals surface area contributed by atoms with E-state index in [0.29, 0.717) is 0 Å². The topological polar surface area (TPSA) is 12.4 Å². The van der Waals surface area contributed by atoms with E-state index in [4.69, 9.17) is 0 Å². The number of rotatable bonds is 1. The zero-order chi connectivity index (χ0) is 11.8. The van der Waals surface area contributed by atoms with Crippen molar-refractivity contribution in [1.82, 2.24) is 0 Å². The highest BCUT2D eigenvalue weighted by atomic mass is 79.9. The van der Waals surface area contributed by atoms with Gasteiger partial charge in [-0.1, -0.05) is 22.0 Å². The minimum Gasteiger partial charge on any atom is -0.220 e. The first-order chi connectivity index (χ1) is 7.46. The number of fused-ring (bicyclic) bond motifs is 1. The van der Waals surface area contributed by atoms with Gasteiger partial charge in [-0.05, 0) is 68.8 Å². The molecule has 0 aliphatic heterocycles. The molecule has 3 heteroatoms. The summed E-state index contributed by atoms with van der Waals surface area (Å²) in [5, 5.41) is 0. The molecule has 0 aromatic heterocycles. The minimum atomic E-state index is 0.200. The Kier molecular flexibility index (Phi) is 3.45. The van der Waals surface area contributed by atoms with Gasteiger partial charge in [0.1, 0.15) is 0 Å². The molecule has 1 aliphatic rings. The summed E-state index contributed by atoms with van der Waals surface area (Å²) < 4.78 is 6.05. The van der Waals surface area contributed by atoms with Gasteiger partial charge in [0.2, 0.25) is 0 Å². The van der Waals surface area contributed by atoms with E-state index in [1.807, 2.05) is 0 Å². The largest absolute Gasteiger partial charge is 0.220 e. The minimum absolute atomic E-state index is 0.200. The summed E-state index contributed by atoms with van der Waals surface area (Å²) >= 11 is 5.19. The molecular weight excluding hydrogens is 282 g/mol. The molecule has 0 amide bonds. The van der Waals surface area contributed by atoms with Crippen LogP contribution in [-0.4, -0.2) is 10.5 Å². The van der Waals surface area contributed by atoms with Crippen molar-refractivity contribution in [2.75, 3.05) is 0 Å². The van der Waals surface area contributed by atoms with Crippen LogP contribution in [-0.2, 0) is 6.42 Å². The summed E-state index contributed by atoms with van der Waals surface area (Å²) in [6.45, 7) is 6.58. The molecular formula is C13H16BrNS. The van der Waals surface area contributed by atoms with Crippen LogP contribution < -0.4 is 0 Å². The number of nitrogens with zero attached hydrogens (tertiary/aromatic N) is 1. The number of halogens is 1. The lowest BCUT2D eigenvalue weighted by Crippen LogP contribution is -2.06. The predicted molar refractivity (Wildman–Crippen MR) is 76.3 cm³/mol. The average molecular weight is 298 g/mol. The quantitative estimate of drug-likeness (QED) is 0.688. The number of aryl methyl sites for hydroxylation is 1. The highest BCUT2D eigenvalue weighted by molar-refractivity contribution is 9.10. The van der Waals surface area contributed by atoms with Crippen molar-refractivity contribution in [2.24, 2.45) is 4.40 Å². The van der Waals surface area contributed by atoms with Crippen LogP contribution >= 0.6 is 27.9 Å². The summed E-state index contributed by atoms with van der Waals surface area (Å²) in [5.74, 6) is 0. The van der Waals surface area contributed by atoms with Crippen molar-refractivity contribution < 1.29 is 0 Å². The third kappa shape index (κ3) is 2.89. The van der Waals surface area contributed by atoms with E-state index in [1.54, 1.807) is 11.9 Å². The molecule has 0 radical (unpaired) electrons. The molecule has 2 rings (SSSR count). The lowest BCUT2D eigenvalue weighted by atomic mass is 10.1. The molecule has 1 aromatic rings. The Hall–Kier alpha value is -0.280. The Balaban J connectivity index is 2.24. The van der Waals surface area contributed by atoms with E-state index in [9.17, 15) is 0 Å². The fraction of sp³-hybridized carbons (Fsp3) is 0.462. The van der Waals surface area contributed by atoms with Crippen LogP contribution in [0.4, 0.5) is 0 Å². The summed E-state index contributed by atoms with van der Waals surface area (Å²) in [4.78, 5) is 0. The summed E-state index contributed by atoms with van der Waals surface area (Å²) in [7, 11) is 0. The molecule has 0 saturated heterocycles. The first-order valence-electron chi connectivity index (χ1n) is 5.49. The van der Waals surface area contributed by atoms with Gasteiger partial charge in [-0.15, -0.1) is 0 Å². The zero-order valence-corrected chi connectivity index (χ0v) is 12.3. The average Bonchev–Trinajstić information content (AvgIpc) is 2.56. The lowest BCUT2D eigenvalue weighted by molar-refractivity contribution is 0.804. The maximum atomic E-state index is 4.68. The zero-order valence-electron chi connectivity index (χ0n) is 9.88. The van der Waals surface area contributed by atoms with Crippen LogP contribution in [0.3, 0.4) is 0 Å². The fourth-order valence-electron chi connectivity index (χ4n) is 1.73. The summed E-state index contributed by atoms with van der Waals surface area (Å²) in [6, 6.07) is 6.48. The highest BCUT2D eigenvalue weighted by Gasteiger charge is 2.19. The second-order valence-electron chi connectivity index (χ2n) is 5.04. The van der Waals surface area contributed by atoms with Crippen molar-refractivity contribution in [3.8, 4) is 0 Å². The fourth-order valence-corrected chi connectivity index (χ4v) is 2.71. The van der Waals surface area contributed by atoms with Gasteiger partial charge in [-0.2, -0.15) is 0 Å². The van der Waals surface area contributed by atoms with Gasteiger partial charge < -0.3 is 0 Å². The molecule has 0 N–H and O–H groups in total. The van der Waals surface area contributed by atoms with Crippen molar-refractivity contribution in [3.63, 3.8) is 0 Å². The lowest BCUT2D eigenvalue weighted by Gasteiger charge is -2.13. The van der Waals surface area contributed by atoms with Crippen molar-refractivity contribution in [3.05, 3.63) is 33.8 Å². The van der Waals surface area contributed by atoms with Crippen LogP contribution in [0.5, 0.6) is 0 Å². The Labute approximate surface area is 110 Å². The van der Waals surface area contributed by atoms with Gasteiger partial charge in [0.15, 0.2) is 0 Å². The third-order valence-electron chi connectivity index (χ3n) is 2.44. The standard InChI is InChI=1S/C13H16BrNS/c1-13(2,3)16-15-12-7-4-9-8-10(14)5-6-11(9)12/h5-6,8H,4,7H2,1-3H3/b15-12+. The Morgan fingerprint density at radius 3 is 2.69 bits per heavy atom. The molecule has 1 aromatic carbocycles. The molecule has 0 unspecified atom stereocenters. The van der Waals surface area contributed by atoms with Crippen LogP contribution in [0.25, 0.3) is 0 Å². The number of benzene rings is 1. The molecule has 0 saturated carbocycles. The maximum absolute atomic E-state index is 4.68. The molecule has 16 heavy (non-hydrogen) atoms. The van der Waals surface area contributed by atoms with Crippen LogP contribution in [0.2, 0.25) is 0 Å². The van der Waals surface area contributed by atoms with Crippen LogP contribution in [0, 0.1) is 0 Å². The predicted octanol–water partition coefficient (Wildman–Crippen LogP) is 4.63. The van der Waals surface area contributed by atoms with Crippen LogP contribution in [0.15, 0.2) is 27.1 Å². The van der Waals surface area contributed by atoms with E-state index in [1.165, 1.54) is 16.8 Å². The van der Waals surface area contributed by atoms with Gasteiger partial charge >= 0.3 is 0 Å². The first kappa shape index (κ1) is 12.2. The van der Waals surface area contributed by atoms with Crippen LogP contribution in [0.1, 0.15) is 38.3 Å². The Morgan fingerprint density at radius 1 is 1.25 bits per heavy atom. The van der Waals surface area contributed by atoms with Gasteiger partial charge in [0.05, 0.1) is 5.71 Å². The summed E-state index contributed by atoms with van der Waals surface area (Å²) in [6.07, 6.45) is 2.20. The second-order valence-corrected chi connectivity index (χ2v) is 7.55. The van der Waals surface area contributed by atoms with Gasteiger partial charge in [-0.3, -0.25) is 0 Å². The van der Waals surface area contributed by atoms with E-state index in [-0.39, 0.29) is 4.75 Å². The molecule has 0 fully saturated rings. The molecule has 1 aliphatic carbocycles.